The number of rotatable bonds is 1. The molecule has 24 heavy (non-hydrogen) atoms. The van der Waals surface area contributed by atoms with Crippen molar-refractivity contribution in [3.63, 3.8) is 0 Å². The molecule has 4 aliphatic rings. The molecule has 0 bridgehead atoms. The highest BCUT2D eigenvalue weighted by Crippen LogP contribution is 2.65. The third-order valence-electron chi connectivity index (χ3n) is 8.66. The Morgan fingerprint density at radius 1 is 1.04 bits per heavy atom. The summed E-state index contributed by atoms with van der Waals surface area (Å²) in [6.07, 6.45) is 10.2. The number of fused-ring (bicyclic) bond motifs is 5. The first-order valence-corrected chi connectivity index (χ1v) is 10.0. The molecule has 4 fully saturated rings. The van der Waals surface area contributed by atoms with Crippen molar-refractivity contribution in [3.8, 4) is 0 Å². The number of ketones is 1. The molecule has 134 valence electrons. The van der Waals surface area contributed by atoms with Gasteiger partial charge in [-0.05, 0) is 80.5 Å². The molecule has 0 saturated heterocycles. The number of Topliss-reactive ketones (excluding diaryl/α,β-unsaturated/α-hetero) is 1. The van der Waals surface area contributed by atoms with Crippen LogP contribution in [0.5, 0.6) is 0 Å². The van der Waals surface area contributed by atoms with Gasteiger partial charge in [-0.3, -0.25) is 9.59 Å². The number of carbonyl (C=O) groups excluding carboxylic acids is 2. The highest BCUT2D eigenvalue weighted by atomic mass is 16.5. The quantitative estimate of drug-likeness (QED) is 0.663. The summed E-state index contributed by atoms with van der Waals surface area (Å²) in [7, 11) is 0. The first-order valence-electron chi connectivity index (χ1n) is 10.0. The topological polar surface area (TPSA) is 43.4 Å². The zero-order valence-corrected chi connectivity index (χ0v) is 15.5. The second-order valence-corrected chi connectivity index (χ2v) is 9.58. The summed E-state index contributed by atoms with van der Waals surface area (Å²) in [6, 6.07) is 0. The number of ether oxygens (including phenoxy) is 1. The average Bonchev–Trinajstić information content (AvgIpc) is 2.83. The summed E-state index contributed by atoms with van der Waals surface area (Å²) in [5.41, 5.74) is 0.381. The molecule has 0 spiro atoms. The van der Waals surface area contributed by atoms with Crippen molar-refractivity contribution in [3.05, 3.63) is 0 Å². The van der Waals surface area contributed by atoms with E-state index in [9.17, 15) is 9.59 Å². The second-order valence-electron chi connectivity index (χ2n) is 9.58. The van der Waals surface area contributed by atoms with E-state index in [4.69, 9.17) is 4.74 Å². The van der Waals surface area contributed by atoms with Crippen LogP contribution in [-0.4, -0.2) is 17.9 Å². The Labute approximate surface area is 145 Å². The van der Waals surface area contributed by atoms with Gasteiger partial charge in [0.05, 0.1) is 0 Å². The van der Waals surface area contributed by atoms with Gasteiger partial charge in [-0.15, -0.1) is 0 Å². The minimum absolute atomic E-state index is 0.0146. The molecule has 0 aromatic rings. The molecular weight excluding hydrogens is 300 g/mol. The summed E-state index contributed by atoms with van der Waals surface area (Å²) in [5.74, 6) is 3.26. The maximum Gasteiger partial charge on any atom is 0.302 e. The Morgan fingerprint density at radius 3 is 2.58 bits per heavy atom. The van der Waals surface area contributed by atoms with Gasteiger partial charge in [0.15, 0.2) is 0 Å². The van der Waals surface area contributed by atoms with Crippen molar-refractivity contribution >= 4 is 11.8 Å². The van der Waals surface area contributed by atoms with Gasteiger partial charge >= 0.3 is 5.97 Å². The van der Waals surface area contributed by atoms with Gasteiger partial charge in [0.2, 0.25) is 0 Å². The fourth-order valence-corrected chi connectivity index (χ4v) is 7.33. The normalized spacial score (nSPS) is 50.6. The summed E-state index contributed by atoms with van der Waals surface area (Å²) >= 11 is 0. The Hall–Kier alpha value is -0.860. The number of hydrogen-bond acceptors (Lipinski definition) is 3. The van der Waals surface area contributed by atoms with E-state index in [1.54, 1.807) is 0 Å². The zero-order chi connectivity index (χ0) is 17.1. The van der Waals surface area contributed by atoms with Crippen molar-refractivity contribution in [2.24, 2.45) is 34.5 Å². The van der Waals surface area contributed by atoms with Crippen LogP contribution in [-0.2, 0) is 14.3 Å². The molecule has 3 nitrogen and oxygen atoms in total. The highest BCUT2D eigenvalue weighted by Gasteiger charge is 2.60. The van der Waals surface area contributed by atoms with Crippen molar-refractivity contribution in [1.29, 1.82) is 0 Å². The van der Waals surface area contributed by atoms with E-state index in [0.29, 0.717) is 23.0 Å². The Bertz CT molecular complexity index is 555. The molecule has 0 N–H and O–H groups in total. The van der Waals surface area contributed by atoms with E-state index in [1.807, 2.05) is 0 Å². The number of carbonyl (C=O) groups is 2. The lowest BCUT2D eigenvalue weighted by Crippen LogP contribution is -2.54. The van der Waals surface area contributed by atoms with Crippen LogP contribution in [0, 0.1) is 34.5 Å². The van der Waals surface area contributed by atoms with Gasteiger partial charge in [0.1, 0.15) is 11.9 Å². The molecule has 4 saturated carbocycles. The maximum atomic E-state index is 12.5. The average molecular weight is 332 g/mol. The SMILES string of the molecule is CC(=O)O[C@H]1CC[C@@]2(C)[C@H](CC[C@@H]3[C@H]2CC[C@@]2(C)C(=O)CC[C@@H]32)C1. The smallest absolute Gasteiger partial charge is 0.302 e. The standard InChI is InChI=1S/C21H32O3/c1-13(22)24-15-8-10-20(2)14(12-15)4-5-16-17-6-7-19(23)21(17,3)11-9-18(16)20/h14-18H,4-12H2,1-3H3/t14-,15+,16+,17+,18-,20+,21-/m1/s1. The van der Waals surface area contributed by atoms with E-state index >= 15 is 0 Å². The van der Waals surface area contributed by atoms with E-state index in [0.717, 1.165) is 43.9 Å². The summed E-state index contributed by atoms with van der Waals surface area (Å²) in [4.78, 5) is 23.8. The van der Waals surface area contributed by atoms with Gasteiger partial charge in [-0.1, -0.05) is 13.8 Å². The van der Waals surface area contributed by atoms with Gasteiger partial charge in [-0.2, -0.15) is 0 Å². The summed E-state index contributed by atoms with van der Waals surface area (Å²) in [6.45, 7) is 6.30. The molecule has 0 radical (unpaired) electrons. The molecule has 0 unspecified atom stereocenters. The summed E-state index contributed by atoms with van der Waals surface area (Å²) in [5, 5.41) is 0. The lowest BCUT2D eigenvalue weighted by molar-refractivity contribution is -0.160. The molecule has 0 aliphatic heterocycles. The maximum absolute atomic E-state index is 12.5. The molecule has 0 amide bonds. The molecule has 4 rings (SSSR count). The van der Waals surface area contributed by atoms with Crippen LogP contribution in [0.2, 0.25) is 0 Å². The predicted molar refractivity (Wildman–Crippen MR) is 92.3 cm³/mol. The fraction of sp³-hybridized carbons (Fsp3) is 0.905. The molecular formula is C21H32O3. The zero-order valence-electron chi connectivity index (χ0n) is 15.5. The number of esters is 1. The second kappa shape index (κ2) is 5.57. The largest absolute Gasteiger partial charge is 0.463 e. The molecule has 0 aromatic carbocycles. The van der Waals surface area contributed by atoms with Crippen LogP contribution in [0.4, 0.5) is 0 Å². The lowest BCUT2D eigenvalue weighted by atomic mass is 9.45. The van der Waals surface area contributed by atoms with Gasteiger partial charge in [0.25, 0.3) is 0 Å². The predicted octanol–water partition coefficient (Wildman–Crippen LogP) is 4.53. The van der Waals surface area contributed by atoms with E-state index in [1.165, 1.54) is 32.6 Å². The minimum atomic E-state index is -0.129. The van der Waals surface area contributed by atoms with Crippen LogP contribution < -0.4 is 0 Å². The summed E-state index contributed by atoms with van der Waals surface area (Å²) < 4.78 is 5.54. The van der Waals surface area contributed by atoms with Crippen molar-refractivity contribution in [2.45, 2.75) is 84.7 Å². The van der Waals surface area contributed by atoms with Crippen LogP contribution in [0.3, 0.4) is 0 Å². The Morgan fingerprint density at radius 2 is 1.83 bits per heavy atom. The molecule has 7 atom stereocenters. The molecule has 3 heteroatoms. The number of hydrogen-bond donors (Lipinski definition) is 0. The van der Waals surface area contributed by atoms with Crippen molar-refractivity contribution in [1.82, 2.24) is 0 Å². The van der Waals surface area contributed by atoms with Crippen LogP contribution in [0.1, 0.15) is 78.6 Å². The molecule has 4 aliphatic carbocycles. The fourth-order valence-electron chi connectivity index (χ4n) is 7.33. The van der Waals surface area contributed by atoms with Gasteiger partial charge in [0, 0.05) is 18.8 Å². The monoisotopic (exact) mass is 332 g/mol. The van der Waals surface area contributed by atoms with E-state index < -0.39 is 0 Å². The van der Waals surface area contributed by atoms with Gasteiger partial charge < -0.3 is 4.74 Å². The third kappa shape index (κ3) is 2.29. The van der Waals surface area contributed by atoms with E-state index in [-0.39, 0.29) is 17.5 Å². The highest BCUT2D eigenvalue weighted by molar-refractivity contribution is 5.87. The Kier molecular flexibility index (Phi) is 3.85. The third-order valence-corrected chi connectivity index (χ3v) is 8.66. The van der Waals surface area contributed by atoms with Crippen LogP contribution in [0.25, 0.3) is 0 Å². The van der Waals surface area contributed by atoms with Crippen molar-refractivity contribution < 1.29 is 14.3 Å². The molecule has 0 aromatic heterocycles. The first-order chi connectivity index (χ1) is 11.3. The minimum Gasteiger partial charge on any atom is -0.463 e. The first kappa shape index (κ1) is 16.6. The van der Waals surface area contributed by atoms with Crippen LogP contribution >= 0.6 is 0 Å². The van der Waals surface area contributed by atoms with Crippen LogP contribution in [0.15, 0.2) is 0 Å². The molecule has 0 heterocycles. The lowest BCUT2D eigenvalue weighted by Gasteiger charge is -2.60. The van der Waals surface area contributed by atoms with Gasteiger partial charge in [-0.25, -0.2) is 0 Å². The van der Waals surface area contributed by atoms with E-state index in [2.05, 4.69) is 13.8 Å². The Balaban J connectivity index is 1.54. The van der Waals surface area contributed by atoms with Crippen molar-refractivity contribution in [2.75, 3.05) is 0 Å².